The zero-order valence-corrected chi connectivity index (χ0v) is 16.4. The van der Waals surface area contributed by atoms with Gasteiger partial charge in [-0.15, -0.1) is 0 Å². The monoisotopic (exact) mass is 398 g/mol. The number of amides is 1. The summed E-state index contributed by atoms with van der Waals surface area (Å²) in [5.74, 6) is -0.987. The topological polar surface area (TPSA) is 129 Å². The smallest absolute Gasteiger partial charge is 0.435 e. The first-order valence-corrected chi connectivity index (χ1v) is 9.54. The van der Waals surface area contributed by atoms with Crippen LogP contribution in [-0.4, -0.2) is 85.7 Å². The molecular weight excluding hydrogens is 367 g/mol. The van der Waals surface area contributed by atoms with Crippen molar-refractivity contribution in [2.75, 3.05) is 39.9 Å². The van der Waals surface area contributed by atoms with Crippen molar-refractivity contribution >= 4 is 19.6 Å². The zero-order chi connectivity index (χ0) is 20.8. The fourth-order valence-corrected chi connectivity index (χ4v) is 2.63. The van der Waals surface area contributed by atoms with Gasteiger partial charge in [0.15, 0.2) is 0 Å². The van der Waals surface area contributed by atoms with E-state index in [4.69, 9.17) is 19.5 Å². The van der Waals surface area contributed by atoms with Gasteiger partial charge in [-0.25, -0.2) is 4.79 Å². The third kappa shape index (κ3) is 8.88. The predicted molar refractivity (Wildman–Crippen MR) is 105 cm³/mol. The molecule has 28 heavy (non-hydrogen) atoms. The zero-order valence-electron chi connectivity index (χ0n) is 16.4. The number of allylic oxidation sites excluding steroid dienone is 2. The van der Waals surface area contributed by atoms with Gasteiger partial charge in [0.1, 0.15) is 17.4 Å². The molecular formula is C18H31BN2O7. The van der Waals surface area contributed by atoms with Crippen molar-refractivity contribution < 1.29 is 34.2 Å². The van der Waals surface area contributed by atoms with Crippen LogP contribution in [0.2, 0.25) is 0 Å². The number of rotatable bonds is 15. The van der Waals surface area contributed by atoms with E-state index in [-0.39, 0.29) is 36.6 Å². The Labute approximate surface area is 166 Å². The number of carbonyl (C=O) groups excluding carboxylic acids is 1. The number of carbonyl (C=O) groups is 2. The SMILES string of the molecule is CNCCCCC(=O)N1CC(OC(/C=C\CCCO)=C(/COBO)C(=O)O)C1. The van der Waals surface area contributed by atoms with Gasteiger partial charge in [-0.2, -0.15) is 0 Å². The summed E-state index contributed by atoms with van der Waals surface area (Å²) in [4.78, 5) is 25.3. The first-order valence-electron chi connectivity index (χ1n) is 9.54. The molecule has 1 heterocycles. The van der Waals surface area contributed by atoms with Crippen LogP contribution in [0, 0.1) is 0 Å². The Bertz CT molecular complexity index is 548. The molecule has 1 amide bonds. The highest BCUT2D eigenvalue weighted by Crippen LogP contribution is 2.20. The highest BCUT2D eigenvalue weighted by molar-refractivity contribution is 6.16. The molecule has 0 aromatic rings. The van der Waals surface area contributed by atoms with Crippen molar-refractivity contribution in [1.29, 1.82) is 0 Å². The molecule has 9 nitrogen and oxygen atoms in total. The number of aliphatic hydroxyl groups excluding tert-OH is 1. The summed E-state index contributed by atoms with van der Waals surface area (Å²) < 4.78 is 10.6. The average molecular weight is 398 g/mol. The summed E-state index contributed by atoms with van der Waals surface area (Å²) in [5.41, 5.74) is -0.105. The van der Waals surface area contributed by atoms with Crippen LogP contribution in [0.3, 0.4) is 0 Å². The second-order valence-corrected chi connectivity index (χ2v) is 6.49. The van der Waals surface area contributed by atoms with Gasteiger partial charge in [0.2, 0.25) is 5.91 Å². The quantitative estimate of drug-likeness (QED) is 0.0960. The second kappa shape index (κ2) is 14.2. The van der Waals surface area contributed by atoms with Crippen molar-refractivity contribution in [3.05, 3.63) is 23.5 Å². The summed E-state index contributed by atoms with van der Waals surface area (Å²) in [6.07, 6.45) is 6.35. The Hall–Kier alpha value is -1.88. The van der Waals surface area contributed by atoms with Crippen LogP contribution in [0.5, 0.6) is 0 Å². The van der Waals surface area contributed by atoms with E-state index in [1.807, 2.05) is 7.05 Å². The molecule has 0 aromatic heterocycles. The standard InChI is InChI=1S/C18H31BN2O7/c1-20-9-5-4-8-17(23)21-11-14(12-21)28-16(7-3-2-6-10-22)15(18(24)25)13-27-19-26/h3,7,14,19-20,22,26H,2,4-6,8-13H2,1H3,(H,24,25)/b7-3-,16-15-. The molecule has 0 aliphatic carbocycles. The number of aliphatic hydroxyl groups is 1. The van der Waals surface area contributed by atoms with Gasteiger partial charge in [0.25, 0.3) is 0 Å². The number of nitrogens with one attached hydrogen (secondary N) is 1. The summed E-state index contributed by atoms with van der Waals surface area (Å²) in [7, 11) is 1.27. The van der Waals surface area contributed by atoms with Crippen LogP contribution in [0.1, 0.15) is 32.1 Å². The number of likely N-dealkylation sites (tertiary alicyclic amines) is 1. The number of hydrogen-bond acceptors (Lipinski definition) is 7. The Kier molecular flexibility index (Phi) is 12.2. The van der Waals surface area contributed by atoms with Crippen molar-refractivity contribution in [3.63, 3.8) is 0 Å². The number of carboxylic acids is 1. The maximum absolute atomic E-state index is 12.1. The van der Waals surface area contributed by atoms with E-state index >= 15 is 0 Å². The first-order chi connectivity index (χ1) is 13.5. The molecule has 1 aliphatic rings. The van der Waals surface area contributed by atoms with Crippen molar-refractivity contribution in [2.24, 2.45) is 0 Å². The largest absolute Gasteiger partial charge is 0.486 e. The lowest BCUT2D eigenvalue weighted by atomic mass is 10.1. The van der Waals surface area contributed by atoms with E-state index in [1.54, 1.807) is 17.1 Å². The molecule has 1 rings (SSSR count). The van der Waals surface area contributed by atoms with E-state index in [2.05, 4.69) is 5.32 Å². The molecule has 4 N–H and O–H groups in total. The molecule has 1 saturated heterocycles. The highest BCUT2D eigenvalue weighted by Gasteiger charge is 2.32. The first kappa shape index (κ1) is 24.2. The molecule has 0 bridgehead atoms. The lowest BCUT2D eigenvalue weighted by Gasteiger charge is -2.39. The molecule has 0 unspecified atom stereocenters. The van der Waals surface area contributed by atoms with Gasteiger partial charge in [-0.1, -0.05) is 6.08 Å². The summed E-state index contributed by atoms with van der Waals surface area (Å²) in [6, 6.07) is 0. The van der Waals surface area contributed by atoms with Crippen molar-refractivity contribution in [1.82, 2.24) is 10.2 Å². The second-order valence-electron chi connectivity index (χ2n) is 6.49. The molecule has 0 saturated carbocycles. The molecule has 10 heteroatoms. The number of nitrogens with zero attached hydrogens (tertiary/aromatic N) is 1. The molecule has 1 aliphatic heterocycles. The van der Waals surface area contributed by atoms with Gasteiger partial charge in [-0.3, -0.25) is 4.79 Å². The Balaban J connectivity index is 2.63. The number of carboxylic acid groups (broad SMARTS) is 1. The van der Waals surface area contributed by atoms with E-state index in [9.17, 15) is 14.7 Å². The minimum atomic E-state index is -1.20. The third-order valence-electron chi connectivity index (χ3n) is 4.25. The van der Waals surface area contributed by atoms with E-state index in [1.165, 1.54) is 0 Å². The number of hydrogen-bond donors (Lipinski definition) is 4. The fourth-order valence-electron chi connectivity index (χ4n) is 2.63. The highest BCUT2D eigenvalue weighted by atomic mass is 16.5. The minimum Gasteiger partial charge on any atom is -0.486 e. The van der Waals surface area contributed by atoms with E-state index in [0.29, 0.717) is 32.4 Å². The van der Waals surface area contributed by atoms with Crippen LogP contribution < -0.4 is 5.32 Å². The summed E-state index contributed by atoms with van der Waals surface area (Å²) in [5, 5.41) is 30.1. The van der Waals surface area contributed by atoms with Crippen LogP contribution in [0.15, 0.2) is 23.5 Å². The molecule has 158 valence electrons. The maximum Gasteiger partial charge on any atom is 0.435 e. The Morgan fingerprint density at radius 3 is 2.64 bits per heavy atom. The van der Waals surface area contributed by atoms with Crippen LogP contribution in [0.25, 0.3) is 0 Å². The number of unbranched alkanes of at least 4 members (excludes halogenated alkanes) is 2. The van der Waals surface area contributed by atoms with E-state index in [0.717, 1.165) is 19.4 Å². The molecule has 0 atom stereocenters. The summed E-state index contributed by atoms with van der Waals surface area (Å²) >= 11 is 0. The van der Waals surface area contributed by atoms with Gasteiger partial charge < -0.3 is 34.8 Å². The minimum absolute atomic E-state index is 0.0394. The molecule has 0 radical (unpaired) electrons. The Morgan fingerprint density at radius 2 is 2.04 bits per heavy atom. The Morgan fingerprint density at radius 1 is 1.29 bits per heavy atom. The van der Waals surface area contributed by atoms with Crippen LogP contribution >= 0.6 is 0 Å². The number of aliphatic carboxylic acids is 1. The molecule has 1 fully saturated rings. The van der Waals surface area contributed by atoms with Crippen LogP contribution in [-0.2, 0) is 19.0 Å². The normalized spacial score (nSPS) is 15.3. The van der Waals surface area contributed by atoms with Crippen molar-refractivity contribution in [3.8, 4) is 0 Å². The number of ether oxygens (including phenoxy) is 1. The van der Waals surface area contributed by atoms with Gasteiger partial charge >= 0.3 is 13.7 Å². The van der Waals surface area contributed by atoms with Gasteiger partial charge in [0.05, 0.1) is 19.7 Å². The third-order valence-corrected chi connectivity index (χ3v) is 4.25. The average Bonchev–Trinajstić information content (AvgIpc) is 2.63. The maximum atomic E-state index is 12.1. The lowest BCUT2D eigenvalue weighted by Crippen LogP contribution is -2.54. The predicted octanol–water partition coefficient (Wildman–Crippen LogP) is -0.454. The molecule has 0 spiro atoms. The van der Waals surface area contributed by atoms with Crippen LogP contribution in [0.4, 0.5) is 0 Å². The van der Waals surface area contributed by atoms with Gasteiger partial charge in [-0.05, 0) is 45.4 Å². The molecule has 0 aromatic carbocycles. The summed E-state index contributed by atoms with van der Waals surface area (Å²) in [6.45, 7) is 1.44. The van der Waals surface area contributed by atoms with Crippen molar-refractivity contribution in [2.45, 2.75) is 38.2 Å². The fraction of sp³-hybridized carbons (Fsp3) is 0.667. The van der Waals surface area contributed by atoms with Gasteiger partial charge in [0, 0.05) is 13.0 Å². The van der Waals surface area contributed by atoms with E-state index < -0.39 is 13.7 Å². The lowest BCUT2D eigenvalue weighted by molar-refractivity contribution is -0.143.